The van der Waals surface area contributed by atoms with E-state index in [4.69, 9.17) is 4.74 Å². The van der Waals surface area contributed by atoms with Gasteiger partial charge in [-0.15, -0.1) is 0 Å². The monoisotopic (exact) mass is 348 g/mol. The van der Waals surface area contributed by atoms with E-state index in [1.54, 1.807) is 7.11 Å². The van der Waals surface area contributed by atoms with Gasteiger partial charge >= 0.3 is 0 Å². The average Bonchev–Trinajstić information content (AvgIpc) is 2.67. The molecule has 134 valence electrons. The summed E-state index contributed by atoms with van der Waals surface area (Å²) in [6.45, 7) is 3.47. The quantitative estimate of drug-likeness (QED) is 0.643. The lowest BCUT2D eigenvalue weighted by Gasteiger charge is -2.10. The summed E-state index contributed by atoms with van der Waals surface area (Å²) >= 11 is 0. The molecule has 5 nitrogen and oxygen atoms in total. The van der Waals surface area contributed by atoms with Crippen molar-refractivity contribution in [2.75, 3.05) is 24.3 Å². The fourth-order valence-electron chi connectivity index (χ4n) is 2.67. The zero-order chi connectivity index (χ0) is 18.2. The maximum atomic E-state index is 5.26. The van der Waals surface area contributed by atoms with E-state index in [9.17, 15) is 0 Å². The van der Waals surface area contributed by atoms with Gasteiger partial charge in [0, 0.05) is 24.8 Å². The average molecular weight is 348 g/mol. The molecule has 2 aromatic carbocycles. The molecular weight excluding hydrogens is 324 g/mol. The first-order valence-corrected chi connectivity index (χ1v) is 8.73. The maximum absolute atomic E-state index is 5.26. The number of aromatic nitrogens is 2. The van der Waals surface area contributed by atoms with Crippen LogP contribution in [0.4, 0.5) is 11.8 Å². The van der Waals surface area contributed by atoms with Crippen molar-refractivity contribution >= 4 is 11.8 Å². The Morgan fingerprint density at radius 1 is 0.885 bits per heavy atom. The Morgan fingerprint density at radius 2 is 1.69 bits per heavy atom. The number of benzene rings is 2. The van der Waals surface area contributed by atoms with Gasteiger partial charge in [0.15, 0.2) is 0 Å². The molecule has 0 aliphatic carbocycles. The summed E-state index contributed by atoms with van der Waals surface area (Å²) in [4.78, 5) is 9.02. The Morgan fingerprint density at radius 3 is 2.50 bits per heavy atom. The predicted octanol–water partition coefficient (Wildman–Crippen LogP) is 4.06. The predicted molar refractivity (Wildman–Crippen MR) is 106 cm³/mol. The molecule has 3 aromatic rings. The molecule has 1 heterocycles. The van der Waals surface area contributed by atoms with Crippen LogP contribution < -0.4 is 15.4 Å². The summed E-state index contributed by atoms with van der Waals surface area (Å²) in [5, 5.41) is 6.66. The third kappa shape index (κ3) is 5.21. The van der Waals surface area contributed by atoms with Crippen molar-refractivity contribution in [3.05, 3.63) is 77.5 Å². The molecule has 3 rings (SSSR count). The zero-order valence-electron chi connectivity index (χ0n) is 15.2. The highest BCUT2D eigenvalue weighted by molar-refractivity contribution is 5.43. The third-order valence-electron chi connectivity index (χ3n) is 4.00. The van der Waals surface area contributed by atoms with Crippen LogP contribution >= 0.6 is 0 Å². The van der Waals surface area contributed by atoms with Gasteiger partial charge in [-0.3, -0.25) is 0 Å². The highest BCUT2D eigenvalue weighted by Crippen LogP contribution is 2.14. The summed E-state index contributed by atoms with van der Waals surface area (Å²) in [5.74, 6) is 2.34. The SMILES string of the molecule is COc1cccc(CCNc2nc(C)cc(NCc3ccccc3)n2)c1. The van der Waals surface area contributed by atoms with Crippen LogP contribution in [0, 0.1) is 6.92 Å². The Labute approximate surface area is 154 Å². The number of nitrogens with one attached hydrogen (secondary N) is 2. The van der Waals surface area contributed by atoms with E-state index in [1.165, 1.54) is 11.1 Å². The first kappa shape index (κ1) is 17.7. The molecule has 5 heteroatoms. The molecule has 0 bridgehead atoms. The van der Waals surface area contributed by atoms with Crippen molar-refractivity contribution in [2.24, 2.45) is 0 Å². The van der Waals surface area contributed by atoms with Crippen molar-refractivity contribution < 1.29 is 4.74 Å². The number of nitrogens with zero attached hydrogens (tertiary/aromatic N) is 2. The number of hydrogen-bond acceptors (Lipinski definition) is 5. The molecule has 0 amide bonds. The standard InChI is InChI=1S/C21H24N4O/c1-16-13-20(23-15-18-7-4-3-5-8-18)25-21(24-16)22-12-11-17-9-6-10-19(14-17)26-2/h3-10,13-14H,11-12,15H2,1-2H3,(H2,22,23,24,25). The Kier molecular flexibility index (Phi) is 6.04. The molecule has 0 spiro atoms. The number of aryl methyl sites for hydroxylation is 1. The topological polar surface area (TPSA) is 59.1 Å². The minimum absolute atomic E-state index is 0.642. The second-order valence-electron chi connectivity index (χ2n) is 6.09. The summed E-state index contributed by atoms with van der Waals surface area (Å²) < 4.78 is 5.26. The van der Waals surface area contributed by atoms with Crippen LogP contribution in [0.1, 0.15) is 16.8 Å². The number of ether oxygens (including phenoxy) is 1. The zero-order valence-corrected chi connectivity index (χ0v) is 15.2. The second-order valence-corrected chi connectivity index (χ2v) is 6.09. The van der Waals surface area contributed by atoms with E-state index in [-0.39, 0.29) is 0 Å². The van der Waals surface area contributed by atoms with Crippen molar-refractivity contribution in [2.45, 2.75) is 19.9 Å². The van der Waals surface area contributed by atoms with E-state index < -0.39 is 0 Å². The van der Waals surface area contributed by atoms with Crippen molar-refractivity contribution in [3.8, 4) is 5.75 Å². The lowest BCUT2D eigenvalue weighted by Crippen LogP contribution is -2.10. The highest BCUT2D eigenvalue weighted by Gasteiger charge is 2.03. The van der Waals surface area contributed by atoms with Gasteiger partial charge < -0.3 is 15.4 Å². The minimum atomic E-state index is 0.642. The first-order chi connectivity index (χ1) is 12.7. The van der Waals surface area contributed by atoms with Crippen LogP contribution in [-0.2, 0) is 13.0 Å². The summed E-state index contributed by atoms with van der Waals surface area (Å²) in [6.07, 6.45) is 0.876. The smallest absolute Gasteiger partial charge is 0.224 e. The molecule has 1 aromatic heterocycles. The summed E-state index contributed by atoms with van der Waals surface area (Å²) in [6, 6.07) is 20.3. The van der Waals surface area contributed by atoms with Gasteiger partial charge in [0.05, 0.1) is 7.11 Å². The molecule has 0 atom stereocenters. The molecule has 2 N–H and O–H groups in total. The third-order valence-corrected chi connectivity index (χ3v) is 4.00. The van der Waals surface area contributed by atoms with Crippen LogP contribution in [-0.4, -0.2) is 23.6 Å². The first-order valence-electron chi connectivity index (χ1n) is 8.73. The van der Waals surface area contributed by atoms with Crippen LogP contribution in [0.15, 0.2) is 60.7 Å². The van der Waals surface area contributed by atoms with Crippen LogP contribution in [0.3, 0.4) is 0 Å². The van der Waals surface area contributed by atoms with E-state index in [2.05, 4.69) is 38.8 Å². The van der Waals surface area contributed by atoms with Gasteiger partial charge in [0.1, 0.15) is 11.6 Å². The van der Waals surface area contributed by atoms with Crippen molar-refractivity contribution in [3.63, 3.8) is 0 Å². The van der Waals surface area contributed by atoms with Crippen LogP contribution in [0.2, 0.25) is 0 Å². The van der Waals surface area contributed by atoms with Crippen molar-refractivity contribution in [1.29, 1.82) is 0 Å². The van der Waals surface area contributed by atoms with E-state index >= 15 is 0 Å². The molecular formula is C21H24N4O. The van der Waals surface area contributed by atoms with Crippen molar-refractivity contribution in [1.82, 2.24) is 9.97 Å². The number of anilines is 2. The van der Waals surface area contributed by atoms with E-state index in [1.807, 2.05) is 49.4 Å². The lowest BCUT2D eigenvalue weighted by atomic mass is 10.1. The Bertz CT molecular complexity index is 836. The number of rotatable bonds is 8. The molecule has 0 saturated carbocycles. The fraction of sp³-hybridized carbons (Fsp3) is 0.238. The minimum Gasteiger partial charge on any atom is -0.497 e. The molecule has 0 aliphatic heterocycles. The Balaban J connectivity index is 1.56. The summed E-state index contributed by atoms with van der Waals surface area (Å²) in [7, 11) is 1.68. The second kappa shape index (κ2) is 8.85. The normalized spacial score (nSPS) is 10.4. The molecule has 26 heavy (non-hydrogen) atoms. The maximum Gasteiger partial charge on any atom is 0.224 e. The van der Waals surface area contributed by atoms with Crippen LogP contribution in [0.25, 0.3) is 0 Å². The number of hydrogen-bond donors (Lipinski definition) is 2. The van der Waals surface area contributed by atoms with Gasteiger partial charge in [0.25, 0.3) is 0 Å². The molecule has 0 saturated heterocycles. The molecule has 0 aliphatic rings. The van der Waals surface area contributed by atoms with E-state index in [0.717, 1.165) is 36.8 Å². The van der Waals surface area contributed by atoms with Crippen LogP contribution in [0.5, 0.6) is 5.75 Å². The summed E-state index contributed by atoms with van der Waals surface area (Å²) in [5.41, 5.74) is 3.36. The fourth-order valence-corrected chi connectivity index (χ4v) is 2.67. The van der Waals surface area contributed by atoms with Gasteiger partial charge in [0.2, 0.25) is 5.95 Å². The lowest BCUT2D eigenvalue weighted by molar-refractivity contribution is 0.414. The van der Waals surface area contributed by atoms with E-state index in [0.29, 0.717) is 5.95 Å². The van der Waals surface area contributed by atoms with Gasteiger partial charge in [-0.05, 0) is 36.6 Å². The number of methoxy groups -OCH3 is 1. The highest BCUT2D eigenvalue weighted by atomic mass is 16.5. The largest absolute Gasteiger partial charge is 0.497 e. The molecule has 0 fully saturated rings. The van der Waals surface area contributed by atoms with Gasteiger partial charge in [-0.2, -0.15) is 4.98 Å². The molecule has 0 unspecified atom stereocenters. The van der Waals surface area contributed by atoms with Gasteiger partial charge in [-0.25, -0.2) is 4.98 Å². The molecule has 0 radical (unpaired) electrons. The Hall–Kier alpha value is -3.08. The van der Waals surface area contributed by atoms with Gasteiger partial charge in [-0.1, -0.05) is 42.5 Å².